The van der Waals surface area contributed by atoms with Gasteiger partial charge in [-0.3, -0.25) is 9.59 Å². The minimum atomic E-state index is -0.864. The summed E-state index contributed by atoms with van der Waals surface area (Å²) in [6.45, 7) is 0.509. The lowest BCUT2D eigenvalue weighted by molar-refractivity contribution is -0.147. The molecular formula is C18H21NO4. The standard InChI is InChI=1S/C18H21NO4/c1-23-14-6-2-11(3-7-14)8-9-19-17(20)15-12-4-5-13(10-12)16(15)18(21)22/h2-7,12-13,15-16H,8-10H2,1H3,(H,19,20)(H,21,22)/t12-,13-,15-,16+/m0/s1. The molecule has 2 aliphatic rings. The number of hydrogen-bond donors (Lipinski definition) is 2. The quantitative estimate of drug-likeness (QED) is 0.786. The number of benzene rings is 1. The molecule has 0 aromatic heterocycles. The number of hydrogen-bond acceptors (Lipinski definition) is 3. The fourth-order valence-electron chi connectivity index (χ4n) is 3.76. The number of allylic oxidation sites excluding steroid dienone is 2. The molecule has 0 saturated heterocycles. The maximum atomic E-state index is 12.4. The predicted molar refractivity (Wildman–Crippen MR) is 85.1 cm³/mol. The molecule has 122 valence electrons. The Kier molecular flexibility index (Phi) is 4.37. The molecule has 23 heavy (non-hydrogen) atoms. The van der Waals surface area contributed by atoms with Crippen LogP contribution < -0.4 is 10.1 Å². The third kappa shape index (κ3) is 3.09. The molecule has 1 amide bonds. The average molecular weight is 315 g/mol. The Labute approximate surface area is 135 Å². The van der Waals surface area contributed by atoms with Crippen molar-refractivity contribution in [3.8, 4) is 5.75 Å². The number of ether oxygens (including phenoxy) is 1. The van der Waals surface area contributed by atoms with Gasteiger partial charge >= 0.3 is 5.97 Å². The lowest BCUT2D eigenvalue weighted by Gasteiger charge is -2.23. The Bertz CT molecular complexity index is 622. The molecule has 3 rings (SSSR count). The first-order chi connectivity index (χ1) is 11.1. The van der Waals surface area contributed by atoms with E-state index < -0.39 is 17.8 Å². The zero-order chi connectivity index (χ0) is 16.4. The Balaban J connectivity index is 1.54. The monoisotopic (exact) mass is 315 g/mol. The Morgan fingerprint density at radius 3 is 2.43 bits per heavy atom. The van der Waals surface area contributed by atoms with Crippen LogP contribution in [-0.2, 0) is 16.0 Å². The van der Waals surface area contributed by atoms with Gasteiger partial charge in [-0.15, -0.1) is 0 Å². The van der Waals surface area contributed by atoms with E-state index in [4.69, 9.17) is 4.74 Å². The van der Waals surface area contributed by atoms with Gasteiger partial charge in [-0.05, 0) is 42.4 Å². The van der Waals surface area contributed by atoms with Gasteiger partial charge in [0, 0.05) is 6.54 Å². The van der Waals surface area contributed by atoms with Crippen LogP contribution in [-0.4, -0.2) is 30.6 Å². The molecular weight excluding hydrogens is 294 g/mol. The molecule has 2 bridgehead atoms. The minimum absolute atomic E-state index is 0.00911. The van der Waals surface area contributed by atoms with Crippen molar-refractivity contribution in [2.75, 3.05) is 13.7 Å². The molecule has 1 aromatic carbocycles. The predicted octanol–water partition coefficient (Wildman–Crippen LogP) is 1.88. The smallest absolute Gasteiger partial charge is 0.307 e. The molecule has 5 heteroatoms. The van der Waals surface area contributed by atoms with Gasteiger partial charge in [0.05, 0.1) is 18.9 Å². The van der Waals surface area contributed by atoms with Gasteiger partial charge in [0.1, 0.15) is 5.75 Å². The fourth-order valence-corrected chi connectivity index (χ4v) is 3.76. The molecule has 4 atom stereocenters. The van der Waals surface area contributed by atoms with Crippen molar-refractivity contribution in [3.05, 3.63) is 42.0 Å². The second-order valence-corrected chi connectivity index (χ2v) is 6.23. The number of carbonyl (C=O) groups is 2. The van der Waals surface area contributed by atoms with E-state index in [0.29, 0.717) is 13.0 Å². The van der Waals surface area contributed by atoms with Gasteiger partial charge in [0.15, 0.2) is 0 Å². The van der Waals surface area contributed by atoms with Crippen LogP contribution in [0, 0.1) is 23.7 Å². The number of amides is 1. The number of carboxylic acid groups (broad SMARTS) is 1. The molecule has 1 fully saturated rings. The Morgan fingerprint density at radius 1 is 1.17 bits per heavy atom. The zero-order valence-electron chi connectivity index (χ0n) is 13.1. The normalized spacial score (nSPS) is 27.9. The highest BCUT2D eigenvalue weighted by molar-refractivity contribution is 5.86. The van der Waals surface area contributed by atoms with E-state index in [1.165, 1.54) is 0 Å². The zero-order valence-corrected chi connectivity index (χ0v) is 13.1. The first-order valence-corrected chi connectivity index (χ1v) is 7.92. The summed E-state index contributed by atoms with van der Waals surface area (Å²) in [5.41, 5.74) is 1.11. The van der Waals surface area contributed by atoms with Gasteiger partial charge in [0.25, 0.3) is 0 Å². The minimum Gasteiger partial charge on any atom is -0.497 e. The van der Waals surface area contributed by atoms with Crippen LogP contribution in [0.2, 0.25) is 0 Å². The summed E-state index contributed by atoms with van der Waals surface area (Å²) in [7, 11) is 1.62. The van der Waals surface area contributed by atoms with Crippen LogP contribution in [0.3, 0.4) is 0 Å². The first-order valence-electron chi connectivity index (χ1n) is 7.92. The molecule has 0 spiro atoms. The number of fused-ring (bicyclic) bond motifs is 2. The maximum Gasteiger partial charge on any atom is 0.307 e. The van der Waals surface area contributed by atoms with Crippen molar-refractivity contribution in [1.29, 1.82) is 0 Å². The molecule has 1 aromatic rings. The van der Waals surface area contributed by atoms with Crippen LogP contribution in [0.5, 0.6) is 5.75 Å². The number of carboxylic acids is 1. The summed E-state index contributed by atoms with van der Waals surface area (Å²) in [5, 5.41) is 12.3. The van der Waals surface area contributed by atoms with Crippen LogP contribution in [0.15, 0.2) is 36.4 Å². The lowest BCUT2D eigenvalue weighted by atomic mass is 9.82. The Hall–Kier alpha value is -2.30. The Morgan fingerprint density at radius 2 is 1.83 bits per heavy atom. The summed E-state index contributed by atoms with van der Waals surface area (Å²) in [6, 6.07) is 7.70. The topological polar surface area (TPSA) is 75.6 Å². The van der Waals surface area contributed by atoms with Crippen molar-refractivity contribution in [2.45, 2.75) is 12.8 Å². The van der Waals surface area contributed by atoms with E-state index in [0.717, 1.165) is 17.7 Å². The van der Waals surface area contributed by atoms with Crippen molar-refractivity contribution in [2.24, 2.45) is 23.7 Å². The molecule has 5 nitrogen and oxygen atoms in total. The molecule has 1 saturated carbocycles. The highest BCUT2D eigenvalue weighted by Crippen LogP contribution is 2.48. The largest absolute Gasteiger partial charge is 0.497 e. The summed E-state index contributed by atoms with van der Waals surface area (Å²) < 4.78 is 5.11. The van der Waals surface area contributed by atoms with Crippen molar-refractivity contribution in [3.63, 3.8) is 0 Å². The van der Waals surface area contributed by atoms with E-state index in [1.54, 1.807) is 7.11 Å². The second kappa shape index (κ2) is 6.44. The molecule has 2 N–H and O–H groups in total. The number of aliphatic carboxylic acids is 1. The van der Waals surface area contributed by atoms with Gasteiger partial charge < -0.3 is 15.2 Å². The molecule has 2 aliphatic carbocycles. The summed E-state index contributed by atoms with van der Waals surface area (Å²) in [5.74, 6) is -1.13. The van der Waals surface area contributed by atoms with Gasteiger partial charge in [-0.25, -0.2) is 0 Å². The number of methoxy groups -OCH3 is 1. The number of rotatable bonds is 6. The molecule has 0 heterocycles. The summed E-state index contributed by atoms with van der Waals surface area (Å²) >= 11 is 0. The van der Waals surface area contributed by atoms with E-state index in [1.807, 2.05) is 36.4 Å². The van der Waals surface area contributed by atoms with Crippen LogP contribution in [0.4, 0.5) is 0 Å². The van der Waals surface area contributed by atoms with Crippen LogP contribution in [0.25, 0.3) is 0 Å². The van der Waals surface area contributed by atoms with E-state index in [2.05, 4.69) is 5.32 Å². The van der Waals surface area contributed by atoms with Gasteiger partial charge in [-0.2, -0.15) is 0 Å². The fraction of sp³-hybridized carbons (Fsp3) is 0.444. The van der Waals surface area contributed by atoms with E-state index >= 15 is 0 Å². The van der Waals surface area contributed by atoms with E-state index in [-0.39, 0.29) is 17.7 Å². The highest BCUT2D eigenvalue weighted by atomic mass is 16.5. The highest BCUT2D eigenvalue weighted by Gasteiger charge is 2.51. The average Bonchev–Trinajstić information content (AvgIpc) is 3.16. The van der Waals surface area contributed by atoms with Crippen molar-refractivity contribution in [1.82, 2.24) is 5.32 Å². The molecule has 0 unspecified atom stereocenters. The summed E-state index contributed by atoms with van der Waals surface area (Å²) in [4.78, 5) is 23.8. The third-order valence-corrected chi connectivity index (χ3v) is 4.92. The first kappa shape index (κ1) is 15.6. The molecule has 0 aliphatic heterocycles. The number of carbonyl (C=O) groups excluding carboxylic acids is 1. The SMILES string of the molecule is COc1ccc(CCNC(=O)[C@@H]2[C@H](C(=O)O)[C@H]3C=C[C@H]2C3)cc1. The third-order valence-electron chi connectivity index (χ3n) is 4.92. The summed E-state index contributed by atoms with van der Waals surface area (Å²) in [6.07, 6.45) is 5.44. The van der Waals surface area contributed by atoms with Crippen molar-refractivity contribution >= 4 is 11.9 Å². The van der Waals surface area contributed by atoms with Gasteiger partial charge in [-0.1, -0.05) is 24.3 Å². The molecule has 0 radical (unpaired) electrons. The maximum absolute atomic E-state index is 12.4. The second-order valence-electron chi connectivity index (χ2n) is 6.23. The lowest BCUT2D eigenvalue weighted by Crippen LogP contribution is -2.40. The number of nitrogens with one attached hydrogen (secondary N) is 1. The van der Waals surface area contributed by atoms with E-state index in [9.17, 15) is 14.7 Å². The van der Waals surface area contributed by atoms with Crippen LogP contribution in [0.1, 0.15) is 12.0 Å². The van der Waals surface area contributed by atoms with Gasteiger partial charge in [0.2, 0.25) is 5.91 Å². The van der Waals surface area contributed by atoms with Crippen molar-refractivity contribution < 1.29 is 19.4 Å². The van der Waals surface area contributed by atoms with Crippen LogP contribution >= 0.6 is 0 Å².